The zero-order valence-corrected chi connectivity index (χ0v) is 18.9. The molecule has 1 N–H and O–H groups in total. The van der Waals surface area contributed by atoms with Crippen LogP contribution in [-0.4, -0.2) is 56.1 Å². The fourth-order valence-corrected chi connectivity index (χ4v) is 6.81. The minimum atomic E-state index is -3.61. The molecule has 1 aromatic carbocycles. The van der Waals surface area contributed by atoms with Crippen molar-refractivity contribution in [3.63, 3.8) is 0 Å². The molecule has 0 bridgehead atoms. The van der Waals surface area contributed by atoms with Crippen LogP contribution in [0.15, 0.2) is 28.0 Å². The number of sulfonamides is 1. The molecule has 1 heterocycles. The SMILES string of the molecule is CSc1ccc(S(=O)(=O)NCCSC2CCCC2)cc1C(=O)N1CCCCC1. The molecule has 1 aromatic rings. The van der Waals surface area contributed by atoms with Crippen LogP contribution in [0.5, 0.6) is 0 Å². The molecule has 0 spiro atoms. The molecule has 0 aromatic heterocycles. The Labute approximate surface area is 177 Å². The Morgan fingerprint density at radius 2 is 1.86 bits per heavy atom. The molecule has 1 amide bonds. The largest absolute Gasteiger partial charge is 0.339 e. The molecule has 156 valence electrons. The average Bonchev–Trinajstić information content (AvgIpc) is 3.24. The zero-order valence-electron chi connectivity index (χ0n) is 16.5. The molecule has 8 heteroatoms. The number of nitrogens with one attached hydrogen (secondary N) is 1. The van der Waals surface area contributed by atoms with Crippen molar-refractivity contribution in [2.24, 2.45) is 0 Å². The second-order valence-corrected chi connectivity index (χ2v) is 11.4. The number of thioether (sulfide) groups is 2. The second kappa shape index (κ2) is 10.4. The summed E-state index contributed by atoms with van der Waals surface area (Å²) in [5.74, 6) is 0.727. The summed E-state index contributed by atoms with van der Waals surface area (Å²) in [7, 11) is -3.61. The van der Waals surface area contributed by atoms with E-state index in [1.165, 1.54) is 37.4 Å². The lowest BCUT2D eigenvalue weighted by Crippen LogP contribution is -2.36. The molecule has 28 heavy (non-hydrogen) atoms. The van der Waals surface area contributed by atoms with Crippen molar-refractivity contribution in [2.45, 2.75) is 60.0 Å². The normalized spacial score (nSPS) is 18.5. The summed E-state index contributed by atoms with van der Waals surface area (Å²) in [6.07, 6.45) is 10.2. The summed E-state index contributed by atoms with van der Waals surface area (Å²) < 4.78 is 28.2. The number of likely N-dealkylation sites (tertiary alicyclic amines) is 1. The molecule has 1 saturated heterocycles. The van der Waals surface area contributed by atoms with Gasteiger partial charge in [0, 0.05) is 35.5 Å². The number of rotatable bonds is 8. The predicted molar refractivity (Wildman–Crippen MR) is 118 cm³/mol. The van der Waals surface area contributed by atoms with Crippen molar-refractivity contribution in [3.8, 4) is 0 Å². The molecule has 1 saturated carbocycles. The Bertz CT molecular complexity index is 771. The van der Waals surface area contributed by atoms with E-state index in [4.69, 9.17) is 0 Å². The number of hydrogen-bond donors (Lipinski definition) is 1. The van der Waals surface area contributed by atoms with Gasteiger partial charge in [-0.3, -0.25) is 4.79 Å². The Balaban J connectivity index is 1.67. The van der Waals surface area contributed by atoms with Gasteiger partial charge < -0.3 is 4.90 Å². The van der Waals surface area contributed by atoms with Gasteiger partial charge in [-0.25, -0.2) is 13.1 Å². The molecule has 2 aliphatic rings. The fraction of sp³-hybridized carbons (Fsp3) is 0.650. The first kappa shape index (κ1) is 22.0. The lowest BCUT2D eigenvalue weighted by Gasteiger charge is -2.27. The van der Waals surface area contributed by atoms with E-state index in [9.17, 15) is 13.2 Å². The predicted octanol–water partition coefficient (Wildman–Crippen LogP) is 3.99. The van der Waals surface area contributed by atoms with E-state index in [0.717, 1.165) is 43.0 Å². The number of nitrogens with zero attached hydrogens (tertiary/aromatic N) is 1. The number of benzene rings is 1. The van der Waals surface area contributed by atoms with Crippen LogP contribution in [-0.2, 0) is 10.0 Å². The Morgan fingerprint density at radius 3 is 2.54 bits per heavy atom. The highest BCUT2D eigenvalue weighted by Gasteiger charge is 2.24. The average molecular weight is 443 g/mol. The maximum Gasteiger partial charge on any atom is 0.255 e. The number of piperidine rings is 1. The maximum atomic E-state index is 13.0. The van der Waals surface area contributed by atoms with Crippen LogP contribution < -0.4 is 4.72 Å². The van der Waals surface area contributed by atoms with Crippen LogP contribution in [0.3, 0.4) is 0 Å². The molecular weight excluding hydrogens is 412 g/mol. The van der Waals surface area contributed by atoms with Crippen molar-refractivity contribution in [3.05, 3.63) is 23.8 Å². The van der Waals surface area contributed by atoms with Crippen molar-refractivity contribution in [1.29, 1.82) is 0 Å². The smallest absolute Gasteiger partial charge is 0.255 e. The quantitative estimate of drug-likeness (QED) is 0.487. The van der Waals surface area contributed by atoms with E-state index < -0.39 is 10.0 Å². The van der Waals surface area contributed by atoms with E-state index >= 15 is 0 Å². The summed E-state index contributed by atoms with van der Waals surface area (Å²) in [6.45, 7) is 1.92. The lowest BCUT2D eigenvalue weighted by molar-refractivity contribution is 0.0720. The first-order valence-electron chi connectivity index (χ1n) is 10.1. The van der Waals surface area contributed by atoms with Crippen molar-refractivity contribution in [2.75, 3.05) is 31.6 Å². The van der Waals surface area contributed by atoms with Crippen LogP contribution in [0.2, 0.25) is 0 Å². The Morgan fingerprint density at radius 1 is 1.14 bits per heavy atom. The molecule has 2 fully saturated rings. The van der Waals surface area contributed by atoms with E-state index in [2.05, 4.69) is 4.72 Å². The number of carbonyl (C=O) groups excluding carboxylic acids is 1. The molecule has 0 unspecified atom stereocenters. The number of hydrogen-bond acceptors (Lipinski definition) is 5. The van der Waals surface area contributed by atoms with Gasteiger partial charge in [-0.15, -0.1) is 11.8 Å². The molecule has 1 aliphatic heterocycles. The zero-order chi connectivity index (χ0) is 20.0. The molecule has 3 rings (SSSR count). The molecule has 5 nitrogen and oxygen atoms in total. The van der Waals surface area contributed by atoms with E-state index in [1.807, 2.05) is 22.9 Å². The summed E-state index contributed by atoms with van der Waals surface area (Å²) in [4.78, 5) is 15.8. The standard InChI is InChI=1S/C20H30N2O3S3/c1-26-19-10-9-17(15-18(19)20(23)22-12-5-2-6-13-22)28(24,25)21-11-14-27-16-7-3-4-8-16/h9-10,15-16,21H,2-8,11-14H2,1H3. The summed E-state index contributed by atoms with van der Waals surface area (Å²) in [5.41, 5.74) is 0.498. The van der Waals surface area contributed by atoms with Gasteiger partial charge in [0.15, 0.2) is 0 Å². The van der Waals surface area contributed by atoms with Gasteiger partial charge in [-0.1, -0.05) is 12.8 Å². The number of amides is 1. The summed E-state index contributed by atoms with van der Waals surface area (Å²) in [6, 6.07) is 4.91. The molecule has 0 atom stereocenters. The third-order valence-electron chi connectivity index (χ3n) is 5.40. The molecule has 0 radical (unpaired) electrons. The summed E-state index contributed by atoms with van der Waals surface area (Å²) >= 11 is 3.34. The van der Waals surface area contributed by atoms with Crippen molar-refractivity contribution < 1.29 is 13.2 Å². The molecular formula is C20H30N2O3S3. The van der Waals surface area contributed by atoms with Gasteiger partial charge in [0.2, 0.25) is 10.0 Å². The van der Waals surface area contributed by atoms with E-state index in [0.29, 0.717) is 17.4 Å². The maximum absolute atomic E-state index is 13.0. The highest BCUT2D eigenvalue weighted by Crippen LogP contribution is 2.29. The number of carbonyl (C=O) groups is 1. The van der Waals surface area contributed by atoms with Crippen LogP contribution in [0.25, 0.3) is 0 Å². The Kier molecular flexibility index (Phi) is 8.14. The second-order valence-electron chi connectivity index (χ2n) is 7.39. The van der Waals surface area contributed by atoms with Gasteiger partial charge >= 0.3 is 0 Å². The van der Waals surface area contributed by atoms with Crippen LogP contribution in [0.4, 0.5) is 0 Å². The summed E-state index contributed by atoms with van der Waals surface area (Å²) in [5, 5.41) is 0.680. The van der Waals surface area contributed by atoms with Crippen molar-refractivity contribution >= 4 is 39.5 Å². The van der Waals surface area contributed by atoms with Crippen LogP contribution in [0.1, 0.15) is 55.3 Å². The first-order chi connectivity index (χ1) is 13.5. The van der Waals surface area contributed by atoms with Crippen LogP contribution >= 0.6 is 23.5 Å². The first-order valence-corrected chi connectivity index (χ1v) is 13.9. The van der Waals surface area contributed by atoms with E-state index in [-0.39, 0.29) is 10.8 Å². The fourth-order valence-electron chi connectivity index (χ4n) is 3.83. The van der Waals surface area contributed by atoms with Gasteiger partial charge in [0.25, 0.3) is 5.91 Å². The lowest BCUT2D eigenvalue weighted by atomic mass is 10.1. The highest BCUT2D eigenvalue weighted by molar-refractivity contribution is 8.00. The van der Waals surface area contributed by atoms with Gasteiger partial charge in [0.05, 0.1) is 10.5 Å². The monoisotopic (exact) mass is 442 g/mol. The van der Waals surface area contributed by atoms with Gasteiger partial charge in [-0.05, 0) is 56.6 Å². The molecule has 1 aliphatic carbocycles. The van der Waals surface area contributed by atoms with Gasteiger partial charge in [-0.2, -0.15) is 11.8 Å². The van der Waals surface area contributed by atoms with E-state index in [1.54, 1.807) is 18.2 Å². The third kappa shape index (κ3) is 5.68. The third-order valence-corrected chi connectivity index (χ3v) is 9.04. The minimum absolute atomic E-state index is 0.0575. The topological polar surface area (TPSA) is 66.5 Å². The van der Waals surface area contributed by atoms with Gasteiger partial charge in [0.1, 0.15) is 0 Å². The minimum Gasteiger partial charge on any atom is -0.339 e. The highest BCUT2D eigenvalue weighted by atomic mass is 32.2. The van der Waals surface area contributed by atoms with Crippen LogP contribution in [0, 0.1) is 0 Å². The Hall–Kier alpha value is -0.700. The van der Waals surface area contributed by atoms with Crippen molar-refractivity contribution in [1.82, 2.24) is 9.62 Å².